The van der Waals surface area contributed by atoms with Crippen molar-refractivity contribution in [1.82, 2.24) is 0 Å². The van der Waals surface area contributed by atoms with Crippen LogP contribution < -0.4 is 0 Å². The van der Waals surface area contributed by atoms with Crippen LogP contribution in [0.1, 0.15) is 90.6 Å². The molecule has 0 aromatic heterocycles. The number of carbonyl (C=O) groups excluding carboxylic acids is 1. The van der Waals surface area contributed by atoms with Gasteiger partial charge >= 0.3 is 5.97 Å². The maximum Gasteiger partial charge on any atom is 0.306 e. The molecule has 6 rings (SSSR count). The van der Waals surface area contributed by atoms with E-state index in [1.165, 1.54) is 0 Å². The molecule has 4 heterocycles. The molecule has 282 valence electrons. The summed E-state index contributed by atoms with van der Waals surface area (Å²) in [4.78, 5) is 13.5. The summed E-state index contributed by atoms with van der Waals surface area (Å²) >= 11 is 0. The third-order valence-electron chi connectivity index (χ3n) is 9.51. The lowest BCUT2D eigenvalue weighted by molar-refractivity contribution is -0.386. The molecule has 4 fully saturated rings. The van der Waals surface area contributed by atoms with E-state index in [0.717, 1.165) is 36.8 Å². The molecule has 51 heavy (non-hydrogen) atoms. The van der Waals surface area contributed by atoms with Crippen LogP contribution in [-0.4, -0.2) is 91.2 Å². The Morgan fingerprint density at radius 3 is 2.25 bits per heavy atom. The second kappa shape index (κ2) is 17.1. The highest BCUT2D eigenvalue weighted by Crippen LogP contribution is 2.40. The van der Waals surface area contributed by atoms with E-state index in [2.05, 4.69) is 6.92 Å². The molecule has 0 radical (unpaired) electrons. The summed E-state index contributed by atoms with van der Waals surface area (Å²) in [7, 11) is 0. The van der Waals surface area contributed by atoms with Crippen molar-refractivity contribution in [2.24, 2.45) is 0 Å². The van der Waals surface area contributed by atoms with Gasteiger partial charge in [0.15, 0.2) is 30.3 Å². The molecule has 0 bridgehead atoms. The third kappa shape index (κ3) is 9.94. The molecule has 2 aromatic carbocycles. The van der Waals surface area contributed by atoms with E-state index in [1.807, 2.05) is 74.5 Å². The molecule has 2 unspecified atom stereocenters. The Kier molecular flexibility index (Phi) is 12.8. The van der Waals surface area contributed by atoms with Gasteiger partial charge in [0.05, 0.1) is 19.8 Å². The molecular weight excluding hydrogens is 660 g/mol. The van der Waals surface area contributed by atoms with Crippen LogP contribution in [0.2, 0.25) is 0 Å². The Morgan fingerprint density at radius 2 is 1.55 bits per heavy atom. The predicted molar refractivity (Wildman–Crippen MR) is 183 cm³/mol. The number of hydrogen-bond acceptors (Lipinski definition) is 12. The van der Waals surface area contributed by atoms with Gasteiger partial charge in [-0.2, -0.15) is 0 Å². The predicted octanol–water partition coefficient (Wildman–Crippen LogP) is 5.69. The number of benzene rings is 2. The molecule has 1 N–H and O–H groups in total. The first-order valence-electron chi connectivity index (χ1n) is 18.4. The summed E-state index contributed by atoms with van der Waals surface area (Å²) < 4.78 is 62.5. The first-order valence-corrected chi connectivity index (χ1v) is 18.4. The van der Waals surface area contributed by atoms with Crippen molar-refractivity contribution in [2.45, 2.75) is 153 Å². The van der Waals surface area contributed by atoms with Gasteiger partial charge in [-0.25, -0.2) is 0 Å². The number of esters is 1. The van der Waals surface area contributed by atoms with Gasteiger partial charge in [-0.15, -0.1) is 0 Å². The summed E-state index contributed by atoms with van der Waals surface area (Å²) in [5.41, 5.74) is 1.76. The molecule has 10 atom stereocenters. The number of aliphatic hydroxyl groups is 1. The zero-order chi connectivity index (χ0) is 36.0. The molecule has 0 spiro atoms. The van der Waals surface area contributed by atoms with Crippen molar-refractivity contribution >= 4 is 5.97 Å². The highest BCUT2D eigenvalue weighted by atomic mass is 16.8. The number of hydrogen-bond donors (Lipinski definition) is 1. The Morgan fingerprint density at radius 1 is 0.824 bits per heavy atom. The number of ether oxygens (including phenoxy) is 10. The van der Waals surface area contributed by atoms with Crippen molar-refractivity contribution in [3.8, 4) is 0 Å². The van der Waals surface area contributed by atoms with Gasteiger partial charge in [-0.1, -0.05) is 93.3 Å². The van der Waals surface area contributed by atoms with Crippen LogP contribution >= 0.6 is 0 Å². The molecule has 0 aliphatic carbocycles. The monoisotopic (exact) mass is 714 g/mol. The number of fused-ring (bicyclic) bond motifs is 1. The fraction of sp³-hybridized carbons (Fsp3) is 0.667. The Balaban J connectivity index is 1.26. The highest BCUT2D eigenvalue weighted by Gasteiger charge is 2.56. The van der Waals surface area contributed by atoms with E-state index in [-0.39, 0.29) is 26.2 Å². The minimum atomic E-state index is -1.57. The van der Waals surface area contributed by atoms with E-state index >= 15 is 0 Å². The molecule has 12 heteroatoms. The minimum Gasteiger partial charge on any atom is -0.454 e. The van der Waals surface area contributed by atoms with E-state index in [4.69, 9.17) is 47.4 Å². The van der Waals surface area contributed by atoms with Crippen molar-refractivity contribution in [3.05, 3.63) is 71.8 Å². The number of carbonyl (C=O) groups is 1. The quantitative estimate of drug-likeness (QED) is 0.138. The summed E-state index contributed by atoms with van der Waals surface area (Å²) in [6.07, 6.45) is -4.01. The van der Waals surface area contributed by atoms with E-state index < -0.39 is 79.1 Å². The van der Waals surface area contributed by atoms with Crippen LogP contribution in [-0.2, 0) is 58.8 Å². The first kappa shape index (κ1) is 38.2. The van der Waals surface area contributed by atoms with Crippen LogP contribution in [0.3, 0.4) is 0 Å². The van der Waals surface area contributed by atoms with Gasteiger partial charge in [-0.05, 0) is 39.7 Å². The maximum absolute atomic E-state index is 13.5. The van der Waals surface area contributed by atoms with Crippen LogP contribution in [0.25, 0.3) is 0 Å². The number of unbranched alkanes of at least 4 members (excludes halogenated alkanes) is 4. The summed E-state index contributed by atoms with van der Waals surface area (Å²) in [6, 6.07) is 19.3. The van der Waals surface area contributed by atoms with Gasteiger partial charge in [0.2, 0.25) is 6.29 Å². The zero-order valence-corrected chi connectivity index (χ0v) is 30.3. The molecule has 4 aliphatic heterocycles. The zero-order valence-electron chi connectivity index (χ0n) is 30.3. The lowest BCUT2D eigenvalue weighted by atomic mass is 9.96. The summed E-state index contributed by atoms with van der Waals surface area (Å²) in [6.45, 7) is 9.90. The smallest absolute Gasteiger partial charge is 0.306 e. The first-order chi connectivity index (χ1) is 24.5. The average Bonchev–Trinajstić information content (AvgIpc) is 3.65. The lowest BCUT2D eigenvalue weighted by Gasteiger charge is -2.49. The molecule has 2 aromatic rings. The SMILES string of the molecule is CCCCCCCC(=O)O[C@@H]1[C@H](OC(O)[C@@H]2OC(C)(C)O[C@@H]2[C@@H]2COC(C)(C)O2)O[C@@H]2COC(c3ccccc3)O[C@H]2[C@@H]1OCc1ccccc1. The van der Waals surface area contributed by atoms with Gasteiger partial charge in [0.1, 0.15) is 36.6 Å². The average molecular weight is 715 g/mol. The number of aliphatic hydroxyl groups excluding tert-OH is 1. The normalized spacial score (nSPS) is 33.4. The molecular formula is C39H54O12. The van der Waals surface area contributed by atoms with Gasteiger partial charge in [0.25, 0.3) is 0 Å². The van der Waals surface area contributed by atoms with Crippen molar-refractivity contribution in [1.29, 1.82) is 0 Å². The molecule has 12 nitrogen and oxygen atoms in total. The van der Waals surface area contributed by atoms with Gasteiger partial charge in [-0.3, -0.25) is 4.79 Å². The second-order valence-corrected chi connectivity index (χ2v) is 14.6. The van der Waals surface area contributed by atoms with Crippen molar-refractivity contribution < 1.29 is 57.3 Å². The van der Waals surface area contributed by atoms with Crippen molar-refractivity contribution in [3.63, 3.8) is 0 Å². The Bertz CT molecular complexity index is 1370. The Hall–Kier alpha value is -2.49. The second-order valence-electron chi connectivity index (χ2n) is 14.6. The Labute approximate surface area is 300 Å². The highest BCUT2D eigenvalue weighted by molar-refractivity contribution is 5.69. The third-order valence-corrected chi connectivity index (χ3v) is 9.51. The van der Waals surface area contributed by atoms with Crippen LogP contribution in [0, 0.1) is 0 Å². The maximum atomic E-state index is 13.5. The van der Waals surface area contributed by atoms with Crippen molar-refractivity contribution in [2.75, 3.05) is 13.2 Å². The largest absolute Gasteiger partial charge is 0.454 e. The molecule has 0 saturated carbocycles. The van der Waals surface area contributed by atoms with Crippen LogP contribution in [0.15, 0.2) is 60.7 Å². The molecule has 4 saturated heterocycles. The fourth-order valence-corrected chi connectivity index (χ4v) is 7.02. The standard InChI is InChI=1S/C39H54O12/c1-6-7-8-9-16-21-29(40)46-34-32(42-22-25-17-12-10-13-18-25)30-27(23-43-36(47-30)26-19-14-11-15-20-26)45-37(34)48-35(41)33-31(50-39(4,5)51-33)28-24-44-38(2,3)49-28/h10-15,17-20,27-28,30-37,41H,6-9,16,21-24H2,1-5H3/t27-,28+,30-,31-,32+,33-,34+,35?,36?,37+/m1/s1. The summed E-state index contributed by atoms with van der Waals surface area (Å²) in [5.74, 6) is -2.28. The lowest BCUT2D eigenvalue weighted by Crippen LogP contribution is -2.64. The van der Waals surface area contributed by atoms with Gasteiger partial charge < -0.3 is 52.5 Å². The minimum absolute atomic E-state index is 0.143. The summed E-state index contributed by atoms with van der Waals surface area (Å²) in [5, 5.41) is 11.7. The topological polar surface area (TPSA) is 130 Å². The molecule has 0 amide bonds. The fourth-order valence-electron chi connectivity index (χ4n) is 7.02. The molecule has 4 aliphatic rings. The van der Waals surface area contributed by atoms with E-state index in [0.29, 0.717) is 6.42 Å². The van der Waals surface area contributed by atoms with Gasteiger partial charge in [0, 0.05) is 12.0 Å². The van der Waals surface area contributed by atoms with Crippen LogP contribution in [0.4, 0.5) is 0 Å². The van der Waals surface area contributed by atoms with E-state index in [1.54, 1.807) is 13.8 Å². The van der Waals surface area contributed by atoms with Crippen LogP contribution in [0.5, 0.6) is 0 Å². The van der Waals surface area contributed by atoms with E-state index in [9.17, 15) is 9.90 Å². The number of rotatable bonds is 15.